The van der Waals surface area contributed by atoms with Gasteiger partial charge in [-0.05, 0) is 65.2 Å². The summed E-state index contributed by atoms with van der Waals surface area (Å²) in [6, 6.07) is 5.06. The summed E-state index contributed by atoms with van der Waals surface area (Å²) in [5.41, 5.74) is 1.09. The van der Waals surface area contributed by atoms with Gasteiger partial charge in [-0.1, -0.05) is 19.3 Å². The molecule has 3 rings (SSSR count). The number of likely N-dealkylation sites (tertiary alicyclic amines) is 1. The lowest BCUT2D eigenvalue weighted by atomic mass is 9.68. The summed E-state index contributed by atoms with van der Waals surface area (Å²) in [5, 5.41) is 9.73. The number of carbonyl (C=O) groups excluding carboxylic acids is 1. The van der Waals surface area contributed by atoms with Gasteiger partial charge in [-0.3, -0.25) is 4.79 Å². The average Bonchev–Trinajstić information content (AvgIpc) is 2.51. The van der Waals surface area contributed by atoms with Gasteiger partial charge in [-0.15, -0.1) is 0 Å². The number of phenols is 1. The Morgan fingerprint density at radius 3 is 2.38 bits per heavy atom. The number of amides is 1. The molecular weight excluding hydrogens is 330 g/mol. The standard InChI is InChI=1S/C17H22BrNO2/c18-14-5-4-13(12-15(14)20)16(21)19-10-8-17(9-11-19)6-2-1-3-7-17/h4-5,12,20H,1-3,6-11H2. The minimum atomic E-state index is 0.0449. The van der Waals surface area contributed by atoms with Crippen LogP contribution < -0.4 is 0 Å². The Bertz CT molecular complexity index is 528. The number of hydrogen-bond donors (Lipinski definition) is 1. The first-order chi connectivity index (χ1) is 10.1. The summed E-state index contributed by atoms with van der Waals surface area (Å²) < 4.78 is 0.624. The molecular formula is C17H22BrNO2. The third-order valence-corrected chi connectivity index (χ3v) is 5.89. The molecule has 4 heteroatoms. The van der Waals surface area contributed by atoms with E-state index in [1.54, 1.807) is 18.2 Å². The molecule has 0 aromatic heterocycles. The van der Waals surface area contributed by atoms with Crippen molar-refractivity contribution < 1.29 is 9.90 Å². The van der Waals surface area contributed by atoms with E-state index in [0.717, 1.165) is 25.9 Å². The minimum Gasteiger partial charge on any atom is -0.507 e. The summed E-state index contributed by atoms with van der Waals surface area (Å²) in [6.45, 7) is 1.71. The van der Waals surface area contributed by atoms with Crippen molar-refractivity contribution in [1.29, 1.82) is 0 Å². The van der Waals surface area contributed by atoms with Gasteiger partial charge in [0.25, 0.3) is 5.91 Å². The molecule has 1 saturated heterocycles. The largest absolute Gasteiger partial charge is 0.507 e. The summed E-state index contributed by atoms with van der Waals surface area (Å²) in [4.78, 5) is 14.5. The average molecular weight is 352 g/mol. The Labute approximate surface area is 134 Å². The Balaban J connectivity index is 1.65. The molecule has 1 amide bonds. The van der Waals surface area contributed by atoms with Crippen molar-refractivity contribution >= 4 is 21.8 Å². The molecule has 1 aliphatic heterocycles. The molecule has 2 aliphatic rings. The van der Waals surface area contributed by atoms with Gasteiger partial charge in [-0.2, -0.15) is 0 Å². The Morgan fingerprint density at radius 1 is 1.10 bits per heavy atom. The summed E-state index contributed by atoms with van der Waals surface area (Å²) >= 11 is 3.25. The topological polar surface area (TPSA) is 40.5 Å². The molecule has 1 saturated carbocycles. The van der Waals surface area contributed by atoms with Crippen molar-refractivity contribution in [3.63, 3.8) is 0 Å². The number of halogens is 1. The summed E-state index contributed by atoms with van der Waals surface area (Å²) in [7, 11) is 0. The van der Waals surface area contributed by atoms with Gasteiger partial charge in [0.2, 0.25) is 0 Å². The molecule has 2 fully saturated rings. The Morgan fingerprint density at radius 2 is 1.76 bits per heavy atom. The molecule has 1 aromatic rings. The van der Waals surface area contributed by atoms with Crippen LogP contribution in [0.5, 0.6) is 5.75 Å². The summed E-state index contributed by atoms with van der Waals surface area (Å²) in [5.74, 6) is 0.171. The molecule has 0 radical (unpaired) electrons. The molecule has 0 atom stereocenters. The normalized spacial score (nSPS) is 21.5. The first kappa shape index (κ1) is 14.9. The van der Waals surface area contributed by atoms with Crippen molar-refractivity contribution in [2.45, 2.75) is 44.9 Å². The van der Waals surface area contributed by atoms with Gasteiger partial charge in [-0.25, -0.2) is 0 Å². The monoisotopic (exact) mass is 351 g/mol. The number of carbonyl (C=O) groups is 1. The highest BCUT2D eigenvalue weighted by atomic mass is 79.9. The molecule has 0 bridgehead atoms. The second-order valence-electron chi connectivity index (χ2n) is 6.52. The quantitative estimate of drug-likeness (QED) is 0.817. The van der Waals surface area contributed by atoms with E-state index in [2.05, 4.69) is 15.9 Å². The SMILES string of the molecule is O=C(c1ccc(Br)c(O)c1)N1CCC2(CCCCC2)CC1. The molecule has 1 spiro atoms. The van der Waals surface area contributed by atoms with Crippen LogP contribution in [-0.2, 0) is 0 Å². The van der Waals surface area contributed by atoms with Gasteiger partial charge < -0.3 is 10.0 Å². The maximum absolute atomic E-state index is 12.5. The number of nitrogens with zero attached hydrogens (tertiary/aromatic N) is 1. The molecule has 1 aromatic carbocycles. The minimum absolute atomic E-state index is 0.0449. The fraction of sp³-hybridized carbons (Fsp3) is 0.588. The fourth-order valence-corrected chi connectivity index (χ4v) is 4.06. The lowest BCUT2D eigenvalue weighted by Crippen LogP contribution is -2.43. The fourth-order valence-electron chi connectivity index (χ4n) is 3.81. The number of benzene rings is 1. The molecule has 1 N–H and O–H groups in total. The molecule has 1 heterocycles. The van der Waals surface area contributed by atoms with Crippen LogP contribution in [-0.4, -0.2) is 29.0 Å². The van der Waals surface area contributed by atoms with E-state index in [1.165, 1.54) is 32.1 Å². The van der Waals surface area contributed by atoms with Gasteiger partial charge in [0.05, 0.1) is 4.47 Å². The molecule has 3 nitrogen and oxygen atoms in total. The van der Waals surface area contributed by atoms with E-state index in [-0.39, 0.29) is 11.7 Å². The molecule has 0 unspecified atom stereocenters. The second kappa shape index (κ2) is 5.99. The lowest BCUT2D eigenvalue weighted by molar-refractivity contribution is 0.0471. The van der Waals surface area contributed by atoms with E-state index in [4.69, 9.17) is 0 Å². The first-order valence-electron chi connectivity index (χ1n) is 7.88. The smallest absolute Gasteiger partial charge is 0.253 e. The van der Waals surface area contributed by atoms with E-state index >= 15 is 0 Å². The van der Waals surface area contributed by atoms with Crippen LogP contribution in [0, 0.1) is 5.41 Å². The molecule has 114 valence electrons. The van der Waals surface area contributed by atoms with Crippen LogP contribution in [0.1, 0.15) is 55.3 Å². The highest BCUT2D eigenvalue weighted by Crippen LogP contribution is 2.44. The van der Waals surface area contributed by atoms with Crippen molar-refractivity contribution in [2.24, 2.45) is 5.41 Å². The van der Waals surface area contributed by atoms with Crippen LogP contribution in [0.3, 0.4) is 0 Å². The van der Waals surface area contributed by atoms with E-state index in [9.17, 15) is 9.90 Å². The van der Waals surface area contributed by atoms with Gasteiger partial charge >= 0.3 is 0 Å². The van der Waals surface area contributed by atoms with Crippen LogP contribution >= 0.6 is 15.9 Å². The number of piperidine rings is 1. The maximum Gasteiger partial charge on any atom is 0.253 e. The zero-order chi connectivity index (χ0) is 14.9. The van der Waals surface area contributed by atoms with Crippen molar-refractivity contribution in [3.05, 3.63) is 28.2 Å². The van der Waals surface area contributed by atoms with Crippen LogP contribution in [0.4, 0.5) is 0 Å². The third-order valence-electron chi connectivity index (χ3n) is 5.22. The Hall–Kier alpha value is -1.03. The zero-order valence-corrected chi connectivity index (χ0v) is 13.9. The predicted octanol–water partition coefficient (Wildman–Crippen LogP) is 4.34. The van der Waals surface area contributed by atoms with Gasteiger partial charge in [0.1, 0.15) is 5.75 Å². The van der Waals surface area contributed by atoms with Crippen molar-refractivity contribution in [2.75, 3.05) is 13.1 Å². The zero-order valence-electron chi connectivity index (χ0n) is 12.3. The highest BCUT2D eigenvalue weighted by Gasteiger charge is 2.36. The first-order valence-corrected chi connectivity index (χ1v) is 8.67. The Kier molecular flexibility index (Phi) is 4.25. The van der Waals surface area contributed by atoms with Gasteiger partial charge in [0, 0.05) is 18.7 Å². The lowest BCUT2D eigenvalue weighted by Gasteiger charge is -2.44. The number of aromatic hydroxyl groups is 1. The highest BCUT2D eigenvalue weighted by molar-refractivity contribution is 9.10. The van der Waals surface area contributed by atoms with Crippen LogP contribution in [0.15, 0.2) is 22.7 Å². The van der Waals surface area contributed by atoms with E-state index in [0.29, 0.717) is 15.5 Å². The third kappa shape index (κ3) is 3.10. The number of phenolic OH excluding ortho intramolecular Hbond substituents is 1. The van der Waals surface area contributed by atoms with E-state index < -0.39 is 0 Å². The number of hydrogen-bond acceptors (Lipinski definition) is 2. The number of rotatable bonds is 1. The van der Waals surface area contributed by atoms with E-state index in [1.807, 2.05) is 4.90 Å². The van der Waals surface area contributed by atoms with Crippen molar-refractivity contribution in [1.82, 2.24) is 4.90 Å². The molecule has 1 aliphatic carbocycles. The van der Waals surface area contributed by atoms with Crippen molar-refractivity contribution in [3.8, 4) is 5.75 Å². The summed E-state index contributed by atoms with van der Waals surface area (Å²) in [6.07, 6.45) is 9.05. The second-order valence-corrected chi connectivity index (χ2v) is 7.37. The maximum atomic E-state index is 12.5. The van der Waals surface area contributed by atoms with Gasteiger partial charge in [0.15, 0.2) is 0 Å². The predicted molar refractivity (Wildman–Crippen MR) is 86.5 cm³/mol. The molecule has 21 heavy (non-hydrogen) atoms. The van der Waals surface area contributed by atoms with Crippen LogP contribution in [0.25, 0.3) is 0 Å². The van der Waals surface area contributed by atoms with Crippen LogP contribution in [0.2, 0.25) is 0 Å².